The molecule has 0 amide bonds. The van der Waals surface area contributed by atoms with Crippen molar-refractivity contribution in [2.24, 2.45) is 4.99 Å². The molecule has 0 aromatic heterocycles. The van der Waals surface area contributed by atoms with Crippen LogP contribution < -0.4 is 0 Å². The summed E-state index contributed by atoms with van der Waals surface area (Å²) < 4.78 is 5.00. The van der Waals surface area contributed by atoms with Gasteiger partial charge in [0.15, 0.2) is 0 Å². The van der Waals surface area contributed by atoms with Crippen LogP contribution in [0.1, 0.15) is 19.3 Å². The van der Waals surface area contributed by atoms with Crippen molar-refractivity contribution in [3.05, 3.63) is 0 Å². The Labute approximate surface area is 72.4 Å². The Morgan fingerprint density at radius 1 is 1.73 bits per heavy atom. The Morgan fingerprint density at radius 2 is 2.55 bits per heavy atom. The number of ether oxygens (including phenoxy) is 1. The van der Waals surface area contributed by atoms with Crippen LogP contribution in [0.5, 0.6) is 0 Å². The van der Waals surface area contributed by atoms with Gasteiger partial charge in [0.2, 0.25) is 0 Å². The van der Waals surface area contributed by atoms with Gasteiger partial charge < -0.3 is 4.74 Å². The van der Waals surface area contributed by atoms with Crippen molar-refractivity contribution in [1.82, 2.24) is 0 Å². The minimum atomic E-state index is 0.539. The average Bonchev–Trinajstić information content (AvgIpc) is 2.48. The van der Waals surface area contributed by atoms with Gasteiger partial charge in [0.05, 0.1) is 11.1 Å². The molecule has 1 rings (SSSR count). The molecule has 0 saturated heterocycles. The fourth-order valence-electron chi connectivity index (χ4n) is 1.24. The van der Waals surface area contributed by atoms with Crippen molar-refractivity contribution < 1.29 is 4.74 Å². The standard InChI is InChI=1S/C8H15NOS/c1-10-6-5-7-3-4-8(9-7)11-2/h7H,3-6H2,1-2H3/t7-/m1/s1. The molecule has 0 radical (unpaired) electrons. The van der Waals surface area contributed by atoms with Crippen LogP contribution in [0.2, 0.25) is 0 Å². The molecule has 0 N–H and O–H groups in total. The predicted molar refractivity (Wildman–Crippen MR) is 50.5 cm³/mol. The third-order valence-electron chi connectivity index (χ3n) is 1.91. The zero-order valence-corrected chi connectivity index (χ0v) is 7.99. The van der Waals surface area contributed by atoms with E-state index in [1.807, 2.05) is 0 Å². The second-order valence-corrected chi connectivity index (χ2v) is 3.58. The van der Waals surface area contributed by atoms with Crippen LogP contribution >= 0.6 is 11.8 Å². The molecule has 1 aliphatic rings. The molecule has 1 atom stereocenters. The van der Waals surface area contributed by atoms with Gasteiger partial charge in [-0.2, -0.15) is 0 Å². The van der Waals surface area contributed by atoms with Gasteiger partial charge in [-0.1, -0.05) is 0 Å². The van der Waals surface area contributed by atoms with Crippen molar-refractivity contribution in [2.45, 2.75) is 25.3 Å². The van der Waals surface area contributed by atoms with Crippen LogP contribution in [-0.4, -0.2) is 31.1 Å². The minimum Gasteiger partial charge on any atom is -0.385 e. The lowest BCUT2D eigenvalue weighted by Crippen LogP contribution is -2.03. The topological polar surface area (TPSA) is 21.6 Å². The van der Waals surface area contributed by atoms with Gasteiger partial charge in [0.25, 0.3) is 0 Å². The van der Waals surface area contributed by atoms with Gasteiger partial charge in [-0.25, -0.2) is 0 Å². The molecule has 1 heterocycles. The molecule has 11 heavy (non-hydrogen) atoms. The normalized spacial score (nSPS) is 23.8. The Hall–Kier alpha value is -0.0200. The van der Waals surface area contributed by atoms with Crippen molar-refractivity contribution >= 4 is 16.8 Å². The monoisotopic (exact) mass is 173 g/mol. The molecule has 3 heteroatoms. The molecule has 1 aliphatic heterocycles. The fourth-order valence-corrected chi connectivity index (χ4v) is 1.82. The van der Waals surface area contributed by atoms with Crippen LogP contribution in [0.3, 0.4) is 0 Å². The highest BCUT2D eigenvalue weighted by Gasteiger charge is 2.15. The summed E-state index contributed by atoms with van der Waals surface area (Å²) in [5, 5.41) is 1.31. The molecule has 0 aliphatic carbocycles. The molecule has 0 aromatic rings. The molecule has 0 spiro atoms. The van der Waals surface area contributed by atoms with Crippen LogP contribution in [0, 0.1) is 0 Å². The van der Waals surface area contributed by atoms with Crippen LogP contribution in [-0.2, 0) is 4.74 Å². The number of hydrogen-bond donors (Lipinski definition) is 0. The van der Waals surface area contributed by atoms with E-state index >= 15 is 0 Å². The summed E-state index contributed by atoms with van der Waals surface area (Å²) in [6.45, 7) is 0.843. The molecule has 0 unspecified atom stereocenters. The first-order chi connectivity index (χ1) is 5.36. The smallest absolute Gasteiger partial charge is 0.0677 e. The minimum absolute atomic E-state index is 0.539. The maximum absolute atomic E-state index is 5.00. The first kappa shape index (κ1) is 9.07. The van der Waals surface area contributed by atoms with E-state index in [0.29, 0.717) is 6.04 Å². The number of thioether (sulfide) groups is 1. The van der Waals surface area contributed by atoms with E-state index in [4.69, 9.17) is 4.74 Å². The third-order valence-corrected chi connectivity index (χ3v) is 2.69. The summed E-state index contributed by atoms with van der Waals surface area (Å²) in [4.78, 5) is 4.54. The second-order valence-electron chi connectivity index (χ2n) is 2.70. The third kappa shape index (κ3) is 2.83. The highest BCUT2D eigenvalue weighted by Crippen LogP contribution is 2.21. The van der Waals surface area contributed by atoms with Gasteiger partial charge >= 0.3 is 0 Å². The largest absolute Gasteiger partial charge is 0.385 e. The first-order valence-electron chi connectivity index (χ1n) is 3.96. The zero-order chi connectivity index (χ0) is 8.10. The lowest BCUT2D eigenvalue weighted by Gasteiger charge is -2.03. The molecular weight excluding hydrogens is 158 g/mol. The second kappa shape index (κ2) is 4.78. The summed E-state index contributed by atoms with van der Waals surface area (Å²) >= 11 is 1.78. The van der Waals surface area contributed by atoms with Crippen molar-refractivity contribution in [3.63, 3.8) is 0 Å². The quantitative estimate of drug-likeness (QED) is 0.650. The summed E-state index contributed by atoms with van der Waals surface area (Å²) in [6.07, 6.45) is 5.58. The van der Waals surface area contributed by atoms with Crippen LogP contribution in [0.25, 0.3) is 0 Å². The maximum Gasteiger partial charge on any atom is 0.0677 e. The molecule has 0 aromatic carbocycles. The molecule has 0 saturated carbocycles. The Morgan fingerprint density at radius 3 is 3.09 bits per heavy atom. The van der Waals surface area contributed by atoms with Gasteiger partial charge in [-0.15, -0.1) is 11.8 Å². The lowest BCUT2D eigenvalue weighted by molar-refractivity contribution is 0.188. The van der Waals surface area contributed by atoms with E-state index in [-0.39, 0.29) is 0 Å². The highest BCUT2D eigenvalue weighted by atomic mass is 32.2. The molecular formula is C8H15NOS. The van der Waals surface area contributed by atoms with Crippen molar-refractivity contribution in [1.29, 1.82) is 0 Å². The van der Waals surface area contributed by atoms with E-state index in [1.165, 1.54) is 17.9 Å². The van der Waals surface area contributed by atoms with Gasteiger partial charge in [0.1, 0.15) is 0 Å². The molecule has 2 nitrogen and oxygen atoms in total. The van der Waals surface area contributed by atoms with Crippen molar-refractivity contribution in [2.75, 3.05) is 20.0 Å². The highest BCUT2D eigenvalue weighted by molar-refractivity contribution is 8.13. The summed E-state index contributed by atoms with van der Waals surface area (Å²) in [7, 11) is 1.74. The van der Waals surface area contributed by atoms with Gasteiger partial charge in [-0.3, -0.25) is 4.99 Å². The van der Waals surface area contributed by atoms with E-state index in [0.717, 1.165) is 13.0 Å². The van der Waals surface area contributed by atoms with E-state index < -0.39 is 0 Å². The summed E-state index contributed by atoms with van der Waals surface area (Å²) in [5.41, 5.74) is 0. The first-order valence-corrected chi connectivity index (χ1v) is 5.19. The maximum atomic E-state index is 5.00. The molecule has 0 bridgehead atoms. The van der Waals surface area contributed by atoms with Gasteiger partial charge in [-0.05, 0) is 25.5 Å². The number of methoxy groups -OCH3 is 1. The Balaban J connectivity index is 2.22. The number of nitrogens with zero attached hydrogens (tertiary/aromatic N) is 1. The van der Waals surface area contributed by atoms with Crippen molar-refractivity contribution in [3.8, 4) is 0 Å². The Bertz CT molecular complexity index is 147. The molecule has 0 fully saturated rings. The zero-order valence-electron chi connectivity index (χ0n) is 7.17. The average molecular weight is 173 g/mol. The van der Waals surface area contributed by atoms with E-state index in [2.05, 4.69) is 11.2 Å². The number of rotatable bonds is 3. The number of aliphatic imine (C=N–C) groups is 1. The van der Waals surface area contributed by atoms with E-state index in [9.17, 15) is 0 Å². The lowest BCUT2D eigenvalue weighted by atomic mass is 10.2. The molecule has 64 valence electrons. The summed E-state index contributed by atoms with van der Waals surface area (Å²) in [6, 6.07) is 0.539. The number of hydrogen-bond acceptors (Lipinski definition) is 3. The van der Waals surface area contributed by atoms with Gasteiger partial charge in [0, 0.05) is 13.7 Å². The fraction of sp³-hybridized carbons (Fsp3) is 0.875. The Kier molecular flexibility index (Phi) is 3.94. The van der Waals surface area contributed by atoms with E-state index in [1.54, 1.807) is 18.9 Å². The van der Waals surface area contributed by atoms with Crippen LogP contribution in [0.4, 0.5) is 0 Å². The summed E-state index contributed by atoms with van der Waals surface area (Å²) in [5.74, 6) is 0. The predicted octanol–water partition coefficient (Wildman–Crippen LogP) is 1.95. The SMILES string of the molecule is COCC[C@H]1CCC(SC)=N1. The van der Waals surface area contributed by atoms with Crippen LogP contribution in [0.15, 0.2) is 4.99 Å².